The molecule has 0 radical (unpaired) electrons. The minimum Gasteiger partial charge on any atom is -0.448 e. The Balaban J connectivity index is 1.60. The van der Waals surface area contributed by atoms with Crippen molar-refractivity contribution in [3.05, 3.63) is 42.0 Å². The lowest BCUT2D eigenvalue weighted by Gasteiger charge is -2.35. The molecule has 0 saturated carbocycles. The molecule has 1 saturated heterocycles. The molecular weight excluding hydrogens is 342 g/mol. The molecule has 1 aliphatic rings. The number of amides is 1. The van der Waals surface area contributed by atoms with Crippen molar-refractivity contribution < 1.29 is 9.53 Å². The minimum absolute atomic E-state index is 0.279. The average molecular weight is 371 g/mol. The topological polar surface area (TPSA) is 72.3 Å². The van der Waals surface area contributed by atoms with Crippen molar-refractivity contribution in [2.75, 3.05) is 19.7 Å². The Bertz CT molecular complexity index is 732. The molecule has 1 fully saturated rings. The zero-order valence-electron chi connectivity index (χ0n) is 16.2. The van der Waals surface area contributed by atoms with E-state index in [1.807, 2.05) is 6.92 Å². The lowest BCUT2D eigenvalue weighted by atomic mass is 10.0. The summed E-state index contributed by atoms with van der Waals surface area (Å²) in [6, 6.07) is 6.72. The first kappa shape index (κ1) is 19.4. The van der Waals surface area contributed by atoms with Crippen LogP contribution in [0.3, 0.4) is 0 Å². The zero-order valence-corrected chi connectivity index (χ0v) is 16.2. The number of ether oxygens (including phenoxy) is 1. The highest BCUT2D eigenvalue weighted by atomic mass is 16.5. The number of hydrogen-bond acceptors (Lipinski definition) is 5. The van der Waals surface area contributed by atoms with Crippen LogP contribution in [0.4, 0.5) is 4.79 Å². The van der Waals surface area contributed by atoms with E-state index in [1.165, 1.54) is 24.0 Å². The fourth-order valence-electron chi connectivity index (χ4n) is 3.55. The Labute approximate surface area is 160 Å². The van der Waals surface area contributed by atoms with Gasteiger partial charge in [-0.2, -0.15) is 5.10 Å². The smallest absolute Gasteiger partial charge is 0.407 e. The van der Waals surface area contributed by atoms with E-state index in [9.17, 15) is 4.79 Å². The molecule has 2 aromatic rings. The minimum atomic E-state index is -0.310. The molecule has 3 rings (SSSR count). The highest BCUT2D eigenvalue weighted by Gasteiger charge is 2.24. The summed E-state index contributed by atoms with van der Waals surface area (Å²) in [6.07, 6.45) is 7.30. The Morgan fingerprint density at radius 2 is 2.26 bits per heavy atom. The molecular formula is C20H29N5O2. The molecule has 1 atom stereocenters. The van der Waals surface area contributed by atoms with Crippen LogP contribution < -0.4 is 5.32 Å². The summed E-state index contributed by atoms with van der Waals surface area (Å²) in [7, 11) is 0. The van der Waals surface area contributed by atoms with Crippen LogP contribution in [-0.4, -0.2) is 51.5 Å². The SMILES string of the molecule is CCCNC(=O)OCC1CCCCN1Cc1ccc(-n2cncn2)c(C)c1. The summed E-state index contributed by atoms with van der Waals surface area (Å²) >= 11 is 0. The summed E-state index contributed by atoms with van der Waals surface area (Å²) < 4.78 is 7.22. The van der Waals surface area contributed by atoms with Gasteiger partial charge in [0.05, 0.1) is 5.69 Å². The van der Waals surface area contributed by atoms with Gasteiger partial charge in [0, 0.05) is 19.1 Å². The molecule has 1 aromatic heterocycles. The predicted molar refractivity (Wildman–Crippen MR) is 104 cm³/mol. The van der Waals surface area contributed by atoms with Crippen LogP contribution in [0.25, 0.3) is 5.69 Å². The average Bonchev–Trinajstić information content (AvgIpc) is 3.20. The molecule has 7 nitrogen and oxygen atoms in total. The van der Waals surface area contributed by atoms with Gasteiger partial charge in [-0.3, -0.25) is 4.90 Å². The van der Waals surface area contributed by atoms with Crippen LogP contribution >= 0.6 is 0 Å². The highest BCUT2D eigenvalue weighted by molar-refractivity contribution is 5.67. The molecule has 2 heterocycles. The van der Waals surface area contributed by atoms with Gasteiger partial charge in [-0.05, 0) is 49.9 Å². The number of rotatable bonds is 7. The summed E-state index contributed by atoms with van der Waals surface area (Å²) in [5, 5.41) is 6.98. The second-order valence-electron chi connectivity index (χ2n) is 7.11. The number of piperidine rings is 1. The van der Waals surface area contributed by atoms with Crippen molar-refractivity contribution in [2.45, 2.75) is 52.1 Å². The number of alkyl carbamates (subject to hydrolysis) is 1. The zero-order chi connectivity index (χ0) is 19.1. The predicted octanol–water partition coefficient (Wildman–Crippen LogP) is 3.07. The summed E-state index contributed by atoms with van der Waals surface area (Å²) in [5.41, 5.74) is 3.47. The molecule has 0 spiro atoms. The molecule has 0 bridgehead atoms. The Kier molecular flexibility index (Phi) is 6.81. The summed E-state index contributed by atoms with van der Waals surface area (Å²) in [5.74, 6) is 0. The third kappa shape index (κ3) is 5.29. The fourth-order valence-corrected chi connectivity index (χ4v) is 3.55. The fraction of sp³-hybridized carbons (Fsp3) is 0.550. The van der Waals surface area contributed by atoms with Gasteiger partial charge in [0.1, 0.15) is 19.3 Å². The van der Waals surface area contributed by atoms with E-state index in [-0.39, 0.29) is 12.1 Å². The molecule has 1 amide bonds. The summed E-state index contributed by atoms with van der Waals surface area (Å²) in [6.45, 7) is 7.13. The number of benzene rings is 1. The number of hydrogen-bond donors (Lipinski definition) is 1. The number of aryl methyl sites for hydroxylation is 1. The van der Waals surface area contributed by atoms with Gasteiger partial charge in [-0.25, -0.2) is 14.5 Å². The summed E-state index contributed by atoms with van der Waals surface area (Å²) in [4.78, 5) is 18.2. The van der Waals surface area contributed by atoms with E-state index in [4.69, 9.17) is 4.74 Å². The molecule has 27 heavy (non-hydrogen) atoms. The van der Waals surface area contributed by atoms with Crippen LogP contribution in [0.2, 0.25) is 0 Å². The van der Waals surface area contributed by atoms with E-state index in [0.717, 1.165) is 31.6 Å². The van der Waals surface area contributed by atoms with Gasteiger partial charge < -0.3 is 10.1 Å². The first-order valence-corrected chi connectivity index (χ1v) is 9.76. The molecule has 1 unspecified atom stereocenters. The van der Waals surface area contributed by atoms with Crippen LogP contribution in [0, 0.1) is 6.92 Å². The van der Waals surface area contributed by atoms with Gasteiger partial charge in [0.2, 0.25) is 0 Å². The molecule has 1 N–H and O–H groups in total. The molecule has 7 heteroatoms. The number of likely N-dealkylation sites (tertiary alicyclic amines) is 1. The van der Waals surface area contributed by atoms with E-state index < -0.39 is 0 Å². The monoisotopic (exact) mass is 371 g/mol. The van der Waals surface area contributed by atoms with Crippen LogP contribution in [-0.2, 0) is 11.3 Å². The van der Waals surface area contributed by atoms with Crippen molar-refractivity contribution in [2.24, 2.45) is 0 Å². The number of carbonyl (C=O) groups is 1. The first-order chi connectivity index (χ1) is 13.2. The lowest BCUT2D eigenvalue weighted by molar-refractivity contribution is 0.0640. The second kappa shape index (κ2) is 9.50. The third-order valence-electron chi connectivity index (χ3n) is 4.99. The number of aromatic nitrogens is 3. The van der Waals surface area contributed by atoms with Crippen molar-refractivity contribution >= 4 is 6.09 Å². The normalized spacial score (nSPS) is 17.6. The van der Waals surface area contributed by atoms with Crippen molar-refractivity contribution in [3.8, 4) is 5.69 Å². The Morgan fingerprint density at radius 3 is 3.00 bits per heavy atom. The first-order valence-electron chi connectivity index (χ1n) is 9.76. The van der Waals surface area contributed by atoms with Gasteiger partial charge in [0.15, 0.2) is 0 Å². The van der Waals surface area contributed by atoms with Crippen molar-refractivity contribution in [1.29, 1.82) is 0 Å². The number of nitrogens with one attached hydrogen (secondary N) is 1. The van der Waals surface area contributed by atoms with E-state index >= 15 is 0 Å². The van der Waals surface area contributed by atoms with Crippen LogP contribution in [0.15, 0.2) is 30.9 Å². The maximum absolute atomic E-state index is 11.7. The number of nitrogens with zero attached hydrogens (tertiary/aromatic N) is 4. The van der Waals surface area contributed by atoms with E-state index in [1.54, 1.807) is 17.3 Å². The molecule has 146 valence electrons. The Morgan fingerprint density at radius 1 is 1.37 bits per heavy atom. The lowest BCUT2D eigenvalue weighted by Crippen LogP contribution is -2.43. The van der Waals surface area contributed by atoms with Crippen LogP contribution in [0.5, 0.6) is 0 Å². The molecule has 1 aromatic carbocycles. The van der Waals surface area contributed by atoms with Crippen molar-refractivity contribution in [1.82, 2.24) is 25.0 Å². The standard InChI is InChI=1S/C20H29N5O2/c1-3-9-22-20(26)27-13-18-6-4-5-10-24(18)12-17-7-8-19(16(2)11-17)25-15-21-14-23-25/h7-8,11,14-15,18H,3-6,9-10,12-13H2,1-2H3,(H,22,26). The van der Waals surface area contributed by atoms with Gasteiger partial charge in [-0.1, -0.05) is 25.5 Å². The quantitative estimate of drug-likeness (QED) is 0.810. The second-order valence-corrected chi connectivity index (χ2v) is 7.11. The molecule has 0 aliphatic carbocycles. The van der Waals surface area contributed by atoms with Crippen molar-refractivity contribution in [3.63, 3.8) is 0 Å². The number of carbonyl (C=O) groups excluding carboxylic acids is 1. The van der Waals surface area contributed by atoms with Gasteiger partial charge in [-0.15, -0.1) is 0 Å². The maximum atomic E-state index is 11.7. The third-order valence-corrected chi connectivity index (χ3v) is 4.99. The van der Waals surface area contributed by atoms with Gasteiger partial charge in [0.25, 0.3) is 0 Å². The Hall–Kier alpha value is -2.41. The van der Waals surface area contributed by atoms with E-state index in [0.29, 0.717) is 13.2 Å². The maximum Gasteiger partial charge on any atom is 0.407 e. The van der Waals surface area contributed by atoms with E-state index in [2.05, 4.69) is 45.4 Å². The highest BCUT2D eigenvalue weighted by Crippen LogP contribution is 2.22. The largest absolute Gasteiger partial charge is 0.448 e. The molecule has 1 aliphatic heterocycles. The van der Waals surface area contributed by atoms with Crippen LogP contribution in [0.1, 0.15) is 43.7 Å². The van der Waals surface area contributed by atoms with Gasteiger partial charge >= 0.3 is 6.09 Å².